The molecule has 2 N–H and O–H groups in total. The molecule has 0 amide bonds. The van der Waals surface area contributed by atoms with Gasteiger partial charge in [-0.05, 0) is 24.6 Å². The topological polar surface area (TPSA) is 93.2 Å². The molecule has 0 saturated carbocycles. The van der Waals surface area contributed by atoms with Gasteiger partial charge in [0.15, 0.2) is 0 Å². The highest BCUT2D eigenvalue weighted by atomic mass is 16.6. The number of rotatable bonds is 7. The van der Waals surface area contributed by atoms with E-state index in [9.17, 15) is 15.2 Å². The molecule has 21 heavy (non-hydrogen) atoms. The summed E-state index contributed by atoms with van der Waals surface area (Å²) in [5.74, 6) is 0. The predicted molar refractivity (Wildman–Crippen MR) is 77.7 cm³/mol. The van der Waals surface area contributed by atoms with Gasteiger partial charge in [-0.1, -0.05) is 0 Å². The number of hydrogen-bond donors (Lipinski definition) is 2. The van der Waals surface area contributed by atoms with Crippen molar-refractivity contribution in [3.05, 3.63) is 58.7 Å². The molecular weight excluding hydrogens is 272 g/mol. The van der Waals surface area contributed by atoms with Crippen LogP contribution in [-0.2, 0) is 6.54 Å². The first-order valence-electron chi connectivity index (χ1n) is 6.68. The third-order valence-corrected chi connectivity index (χ3v) is 3.19. The Kier molecular flexibility index (Phi) is 5.02. The largest absolute Gasteiger partial charge is 0.387 e. The van der Waals surface area contributed by atoms with Gasteiger partial charge in [-0.3, -0.25) is 10.1 Å². The molecule has 0 spiro atoms. The van der Waals surface area contributed by atoms with Crippen molar-refractivity contribution in [2.75, 3.05) is 6.54 Å². The minimum atomic E-state index is -0.698. The van der Waals surface area contributed by atoms with Gasteiger partial charge in [0, 0.05) is 43.7 Å². The van der Waals surface area contributed by atoms with Crippen LogP contribution in [0, 0.1) is 10.1 Å². The second-order valence-corrected chi connectivity index (χ2v) is 4.93. The number of benzene rings is 1. The van der Waals surface area contributed by atoms with Crippen LogP contribution >= 0.6 is 0 Å². The van der Waals surface area contributed by atoms with Gasteiger partial charge < -0.3 is 15.0 Å². The van der Waals surface area contributed by atoms with Crippen LogP contribution in [0.15, 0.2) is 43.0 Å². The molecule has 7 nitrogen and oxygen atoms in total. The van der Waals surface area contributed by atoms with Gasteiger partial charge in [-0.2, -0.15) is 0 Å². The number of imidazole rings is 1. The van der Waals surface area contributed by atoms with Gasteiger partial charge >= 0.3 is 0 Å². The van der Waals surface area contributed by atoms with Gasteiger partial charge in [-0.25, -0.2) is 4.98 Å². The van der Waals surface area contributed by atoms with Crippen molar-refractivity contribution in [3.63, 3.8) is 0 Å². The molecule has 0 radical (unpaired) electrons. The lowest BCUT2D eigenvalue weighted by Crippen LogP contribution is -2.33. The molecule has 2 rings (SSSR count). The van der Waals surface area contributed by atoms with E-state index in [0.29, 0.717) is 12.1 Å². The fraction of sp³-hybridized carbons (Fsp3) is 0.357. The van der Waals surface area contributed by atoms with Gasteiger partial charge in [0.05, 0.1) is 17.4 Å². The van der Waals surface area contributed by atoms with Crippen molar-refractivity contribution in [1.82, 2.24) is 14.9 Å². The normalized spacial score (nSPS) is 13.8. The first kappa shape index (κ1) is 15.1. The van der Waals surface area contributed by atoms with Gasteiger partial charge in [-0.15, -0.1) is 0 Å². The summed E-state index contributed by atoms with van der Waals surface area (Å²) in [7, 11) is 0. The van der Waals surface area contributed by atoms with Crippen molar-refractivity contribution in [2.24, 2.45) is 0 Å². The molecule has 2 atom stereocenters. The smallest absolute Gasteiger partial charge is 0.269 e. The minimum absolute atomic E-state index is 0.0207. The highest BCUT2D eigenvalue weighted by Gasteiger charge is 2.12. The lowest BCUT2D eigenvalue weighted by Gasteiger charge is -2.17. The summed E-state index contributed by atoms with van der Waals surface area (Å²) < 4.78 is 1.95. The van der Waals surface area contributed by atoms with Crippen LogP contribution in [0.1, 0.15) is 18.6 Å². The number of hydrogen-bond acceptors (Lipinski definition) is 5. The van der Waals surface area contributed by atoms with E-state index in [1.165, 1.54) is 12.1 Å². The fourth-order valence-electron chi connectivity index (χ4n) is 2.02. The Balaban J connectivity index is 1.83. The number of nitrogens with zero attached hydrogens (tertiary/aromatic N) is 3. The third kappa shape index (κ3) is 4.37. The lowest BCUT2D eigenvalue weighted by atomic mass is 10.1. The number of aliphatic hydroxyl groups is 1. The summed E-state index contributed by atoms with van der Waals surface area (Å²) >= 11 is 0. The maximum absolute atomic E-state index is 10.6. The first-order valence-corrected chi connectivity index (χ1v) is 6.68. The first-order chi connectivity index (χ1) is 10.1. The number of nitrogens with one attached hydrogen (secondary N) is 1. The van der Waals surface area contributed by atoms with Gasteiger partial charge in [0.1, 0.15) is 0 Å². The molecule has 0 aliphatic heterocycles. The molecule has 1 aromatic carbocycles. The lowest BCUT2D eigenvalue weighted by molar-refractivity contribution is -0.384. The van der Waals surface area contributed by atoms with Gasteiger partial charge in [0.2, 0.25) is 0 Å². The Morgan fingerprint density at radius 2 is 2.14 bits per heavy atom. The van der Waals surface area contributed by atoms with Crippen molar-refractivity contribution >= 4 is 5.69 Å². The van der Waals surface area contributed by atoms with E-state index in [4.69, 9.17) is 0 Å². The van der Waals surface area contributed by atoms with Crippen molar-refractivity contribution < 1.29 is 10.0 Å². The summed E-state index contributed by atoms with van der Waals surface area (Å²) in [5, 5.41) is 23.9. The Bertz CT molecular complexity index is 568. The Hall–Kier alpha value is -2.25. The number of nitro benzene ring substituents is 1. The zero-order valence-corrected chi connectivity index (χ0v) is 11.7. The predicted octanol–water partition coefficient (Wildman–Crippen LogP) is 1.50. The maximum Gasteiger partial charge on any atom is 0.269 e. The van der Waals surface area contributed by atoms with Crippen molar-refractivity contribution in [2.45, 2.75) is 25.6 Å². The minimum Gasteiger partial charge on any atom is -0.387 e. The molecule has 112 valence electrons. The van der Waals surface area contributed by atoms with E-state index in [1.54, 1.807) is 24.7 Å². The standard InChI is InChI=1S/C14H18N4O3/c1-11(9-17-7-6-15-10-17)16-8-14(19)12-2-4-13(5-3-12)18(20)21/h2-7,10-11,14,16,19H,8-9H2,1H3. The molecule has 0 bridgehead atoms. The highest BCUT2D eigenvalue weighted by Crippen LogP contribution is 2.17. The van der Waals surface area contributed by atoms with Crippen LogP contribution in [-0.4, -0.2) is 32.2 Å². The summed E-state index contributed by atoms with van der Waals surface area (Å²) in [6.07, 6.45) is 4.64. The average Bonchev–Trinajstić information content (AvgIpc) is 2.97. The quantitative estimate of drug-likeness (QED) is 0.595. The number of aliphatic hydroxyl groups excluding tert-OH is 1. The van der Waals surface area contributed by atoms with Crippen molar-refractivity contribution in [3.8, 4) is 0 Å². The van der Waals surface area contributed by atoms with Gasteiger partial charge in [0.25, 0.3) is 5.69 Å². The van der Waals surface area contributed by atoms with Crippen LogP contribution in [0.25, 0.3) is 0 Å². The Labute approximate surface area is 122 Å². The highest BCUT2D eigenvalue weighted by molar-refractivity contribution is 5.33. The Morgan fingerprint density at radius 3 is 2.71 bits per heavy atom. The van der Waals surface area contributed by atoms with Crippen LogP contribution < -0.4 is 5.32 Å². The summed E-state index contributed by atoms with van der Waals surface area (Å²) in [5.41, 5.74) is 0.676. The summed E-state index contributed by atoms with van der Waals surface area (Å²) in [6.45, 7) is 3.16. The monoisotopic (exact) mass is 290 g/mol. The second kappa shape index (κ2) is 6.96. The molecule has 0 saturated heterocycles. The van der Waals surface area contributed by atoms with E-state index >= 15 is 0 Å². The zero-order valence-electron chi connectivity index (χ0n) is 11.7. The molecule has 2 unspecified atom stereocenters. The molecule has 0 fully saturated rings. The van der Waals surface area contributed by atoms with Crippen LogP contribution in [0.5, 0.6) is 0 Å². The average molecular weight is 290 g/mol. The van der Waals surface area contributed by atoms with Crippen LogP contribution in [0.3, 0.4) is 0 Å². The van der Waals surface area contributed by atoms with E-state index in [0.717, 1.165) is 6.54 Å². The Morgan fingerprint density at radius 1 is 1.43 bits per heavy atom. The summed E-state index contributed by atoms with van der Waals surface area (Å²) in [6, 6.07) is 6.11. The molecule has 1 heterocycles. The van der Waals surface area contributed by atoms with E-state index in [-0.39, 0.29) is 11.7 Å². The van der Waals surface area contributed by atoms with Crippen LogP contribution in [0.4, 0.5) is 5.69 Å². The SMILES string of the molecule is CC(Cn1ccnc1)NCC(O)c1ccc([N+](=O)[O-])cc1. The molecule has 0 aliphatic rings. The number of nitro groups is 1. The molecular formula is C14H18N4O3. The second-order valence-electron chi connectivity index (χ2n) is 4.93. The molecule has 1 aromatic heterocycles. The molecule has 2 aromatic rings. The fourth-order valence-corrected chi connectivity index (χ4v) is 2.02. The van der Waals surface area contributed by atoms with E-state index < -0.39 is 11.0 Å². The zero-order chi connectivity index (χ0) is 15.2. The van der Waals surface area contributed by atoms with E-state index in [2.05, 4.69) is 10.3 Å². The third-order valence-electron chi connectivity index (χ3n) is 3.19. The maximum atomic E-state index is 10.6. The number of non-ortho nitro benzene ring substituents is 1. The van der Waals surface area contributed by atoms with E-state index in [1.807, 2.05) is 17.7 Å². The van der Waals surface area contributed by atoms with Crippen LogP contribution in [0.2, 0.25) is 0 Å². The summed E-state index contributed by atoms with van der Waals surface area (Å²) in [4.78, 5) is 14.1. The molecule has 7 heteroatoms. The van der Waals surface area contributed by atoms with Crippen molar-refractivity contribution in [1.29, 1.82) is 0 Å². The molecule has 0 aliphatic carbocycles. The number of aromatic nitrogens is 2.